The lowest BCUT2D eigenvalue weighted by molar-refractivity contribution is 0.0801. The van der Waals surface area contributed by atoms with Gasteiger partial charge in [-0.25, -0.2) is 0 Å². The van der Waals surface area contributed by atoms with E-state index < -0.39 is 0 Å². The van der Waals surface area contributed by atoms with Gasteiger partial charge in [-0.05, 0) is 18.1 Å². The highest BCUT2D eigenvalue weighted by molar-refractivity contribution is 7.80. The number of likely N-dealkylation sites (N-methyl/N-ethyl adjacent to an activating group) is 1. The second-order valence-electron chi connectivity index (χ2n) is 4.13. The molecule has 2 rings (SSSR count). The number of carbonyl (C=O) groups excluding carboxylic acids is 1. The van der Waals surface area contributed by atoms with Crippen LogP contribution in [0.1, 0.15) is 15.2 Å². The number of thiol groups is 1. The molecule has 0 aliphatic heterocycles. The SMILES string of the molecule is CN(CCc1ccccc1)C(=O)c1cc(S)cs1. The van der Waals surface area contributed by atoms with Crippen LogP contribution in [0.2, 0.25) is 0 Å². The van der Waals surface area contributed by atoms with E-state index >= 15 is 0 Å². The molecule has 94 valence electrons. The van der Waals surface area contributed by atoms with Crippen molar-refractivity contribution in [3.8, 4) is 0 Å². The maximum Gasteiger partial charge on any atom is 0.263 e. The van der Waals surface area contributed by atoms with Gasteiger partial charge in [-0.1, -0.05) is 30.3 Å². The second kappa shape index (κ2) is 6.07. The molecule has 1 aromatic heterocycles. The van der Waals surface area contributed by atoms with Crippen molar-refractivity contribution in [1.29, 1.82) is 0 Å². The van der Waals surface area contributed by atoms with Crippen molar-refractivity contribution in [1.82, 2.24) is 4.90 Å². The van der Waals surface area contributed by atoms with Crippen LogP contribution in [0.4, 0.5) is 0 Å². The summed E-state index contributed by atoms with van der Waals surface area (Å²) in [5.41, 5.74) is 1.25. The molecule has 0 fully saturated rings. The van der Waals surface area contributed by atoms with Gasteiger partial charge >= 0.3 is 0 Å². The van der Waals surface area contributed by atoms with Crippen LogP contribution in [-0.4, -0.2) is 24.4 Å². The lowest BCUT2D eigenvalue weighted by Crippen LogP contribution is -2.28. The van der Waals surface area contributed by atoms with Crippen LogP contribution in [0.15, 0.2) is 46.7 Å². The highest BCUT2D eigenvalue weighted by Crippen LogP contribution is 2.19. The molecule has 1 heterocycles. The Labute approximate surface area is 117 Å². The van der Waals surface area contributed by atoms with Crippen molar-refractivity contribution in [3.05, 3.63) is 52.2 Å². The van der Waals surface area contributed by atoms with Crippen LogP contribution in [0.5, 0.6) is 0 Å². The Balaban J connectivity index is 1.92. The summed E-state index contributed by atoms with van der Waals surface area (Å²) in [4.78, 5) is 15.4. The van der Waals surface area contributed by atoms with Crippen LogP contribution in [0.3, 0.4) is 0 Å². The number of thiophene rings is 1. The van der Waals surface area contributed by atoms with Gasteiger partial charge in [0.15, 0.2) is 0 Å². The lowest BCUT2D eigenvalue weighted by Gasteiger charge is -2.16. The van der Waals surface area contributed by atoms with Crippen molar-refractivity contribution < 1.29 is 4.79 Å². The molecule has 0 aliphatic carbocycles. The Kier molecular flexibility index (Phi) is 4.44. The Morgan fingerprint density at radius 1 is 1.33 bits per heavy atom. The maximum atomic E-state index is 12.1. The van der Waals surface area contributed by atoms with Gasteiger partial charge in [0.1, 0.15) is 0 Å². The van der Waals surface area contributed by atoms with E-state index in [1.165, 1.54) is 16.9 Å². The minimum Gasteiger partial charge on any atom is -0.341 e. The minimum absolute atomic E-state index is 0.0660. The summed E-state index contributed by atoms with van der Waals surface area (Å²) in [6, 6.07) is 12.0. The Hall–Kier alpha value is -1.26. The van der Waals surface area contributed by atoms with Gasteiger partial charge < -0.3 is 4.90 Å². The van der Waals surface area contributed by atoms with E-state index in [-0.39, 0.29) is 5.91 Å². The van der Waals surface area contributed by atoms with E-state index in [9.17, 15) is 4.79 Å². The zero-order valence-electron chi connectivity index (χ0n) is 10.2. The number of carbonyl (C=O) groups is 1. The number of nitrogens with zero attached hydrogens (tertiary/aromatic N) is 1. The molecular formula is C14H15NOS2. The number of hydrogen-bond donors (Lipinski definition) is 1. The molecule has 0 N–H and O–H groups in total. The van der Waals surface area contributed by atoms with Crippen LogP contribution in [-0.2, 0) is 6.42 Å². The van der Waals surface area contributed by atoms with Crippen LogP contribution >= 0.6 is 24.0 Å². The van der Waals surface area contributed by atoms with E-state index in [0.717, 1.165) is 22.7 Å². The summed E-state index contributed by atoms with van der Waals surface area (Å²) in [7, 11) is 1.84. The number of benzene rings is 1. The molecule has 1 amide bonds. The van der Waals surface area contributed by atoms with Crippen molar-refractivity contribution in [2.45, 2.75) is 11.3 Å². The van der Waals surface area contributed by atoms with E-state index in [2.05, 4.69) is 24.8 Å². The molecule has 0 saturated carbocycles. The lowest BCUT2D eigenvalue weighted by atomic mass is 10.1. The molecule has 1 aromatic carbocycles. The van der Waals surface area contributed by atoms with Crippen LogP contribution in [0, 0.1) is 0 Å². The van der Waals surface area contributed by atoms with Crippen LogP contribution in [0.25, 0.3) is 0 Å². The van der Waals surface area contributed by atoms with Gasteiger partial charge in [0.2, 0.25) is 0 Å². The first-order valence-electron chi connectivity index (χ1n) is 5.73. The van der Waals surface area contributed by atoms with Crippen molar-refractivity contribution >= 4 is 29.9 Å². The third kappa shape index (κ3) is 3.37. The summed E-state index contributed by atoms with van der Waals surface area (Å²) in [5, 5.41) is 1.88. The summed E-state index contributed by atoms with van der Waals surface area (Å²) < 4.78 is 0. The normalized spacial score (nSPS) is 10.3. The Morgan fingerprint density at radius 3 is 2.67 bits per heavy atom. The molecule has 2 nitrogen and oxygen atoms in total. The van der Waals surface area contributed by atoms with Crippen molar-refractivity contribution in [2.24, 2.45) is 0 Å². The summed E-state index contributed by atoms with van der Waals surface area (Å²) in [6.45, 7) is 0.725. The molecule has 0 aliphatic rings. The predicted octanol–water partition coefficient (Wildman–Crippen LogP) is 3.35. The fraction of sp³-hybridized carbons (Fsp3) is 0.214. The maximum absolute atomic E-state index is 12.1. The zero-order valence-corrected chi connectivity index (χ0v) is 11.9. The molecule has 18 heavy (non-hydrogen) atoms. The fourth-order valence-corrected chi connectivity index (χ4v) is 2.81. The molecule has 0 spiro atoms. The van der Waals surface area contributed by atoms with Crippen molar-refractivity contribution in [2.75, 3.05) is 13.6 Å². The fourth-order valence-electron chi connectivity index (χ4n) is 1.67. The number of amides is 1. The van der Waals surface area contributed by atoms with E-state index in [4.69, 9.17) is 0 Å². The number of rotatable bonds is 4. The molecule has 0 bridgehead atoms. The molecule has 0 atom stereocenters. The number of hydrogen-bond acceptors (Lipinski definition) is 3. The average molecular weight is 277 g/mol. The molecule has 0 unspecified atom stereocenters. The second-order valence-corrected chi connectivity index (χ2v) is 5.56. The summed E-state index contributed by atoms with van der Waals surface area (Å²) in [5.74, 6) is 0.0660. The Bertz CT molecular complexity index is 522. The molecular weight excluding hydrogens is 262 g/mol. The predicted molar refractivity (Wildman–Crippen MR) is 78.7 cm³/mol. The third-order valence-electron chi connectivity index (χ3n) is 2.72. The third-order valence-corrected chi connectivity index (χ3v) is 4.07. The molecule has 0 saturated heterocycles. The van der Waals surface area contributed by atoms with Gasteiger partial charge in [-0.2, -0.15) is 0 Å². The van der Waals surface area contributed by atoms with Gasteiger partial charge in [-0.15, -0.1) is 24.0 Å². The zero-order chi connectivity index (χ0) is 13.0. The monoisotopic (exact) mass is 277 g/mol. The largest absolute Gasteiger partial charge is 0.341 e. The van der Waals surface area contributed by atoms with Crippen LogP contribution < -0.4 is 0 Å². The van der Waals surface area contributed by atoms with Gasteiger partial charge in [0, 0.05) is 23.9 Å². The van der Waals surface area contributed by atoms with Crippen molar-refractivity contribution in [3.63, 3.8) is 0 Å². The molecule has 4 heteroatoms. The first kappa shape index (κ1) is 13.2. The van der Waals surface area contributed by atoms with E-state index in [0.29, 0.717) is 0 Å². The summed E-state index contributed by atoms with van der Waals surface area (Å²) >= 11 is 5.66. The standard InChI is InChI=1S/C14H15NOS2/c1-15(8-7-11-5-3-2-4-6-11)14(16)13-9-12(17)10-18-13/h2-6,9-10,17H,7-8H2,1H3. The smallest absolute Gasteiger partial charge is 0.263 e. The van der Waals surface area contributed by atoms with Gasteiger partial charge in [0.05, 0.1) is 4.88 Å². The highest BCUT2D eigenvalue weighted by Gasteiger charge is 2.13. The van der Waals surface area contributed by atoms with E-state index in [1.54, 1.807) is 4.90 Å². The quantitative estimate of drug-likeness (QED) is 0.850. The summed E-state index contributed by atoms with van der Waals surface area (Å²) in [6.07, 6.45) is 0.877. The first-order valence-corrected chi connectivity index (χ1v) is 7.06. The van der Waals surface area contributed by atoms with Gasteiger partial charge in [-0.3, -0.25) is 4.79 Å². The minimum atomic E-state index is 0.0660. The first-order chi connectivity index (χ1) is 8.66. The van der Waals surface area contributed by atoms with Gasteiger partial charge in [0.25, 0.3) is 5.91 Å². The molecule has 0 radical (unpaired) electrons. The Morgan fingerprint density at radius 2 is 2.06 bits per heavy atom. The molecule has 2 aromatic rings. The average Bonchev–Trinajstić information content (AvgIpc) is 2.83. The van der Waals surface area contributed by atoms with E-state index in [1.807, 2.05) is 36.7 Å². The topological polar surface area (TPSA) is 20.3 Å². The highest BCUT2D eigenvalue weighted by atomic mass is 32.1.